The van der Waals surface area contributed by atoms with Crippen LogP contribution in [0.3, 0.4) is 0 Å². The number of nitrogens with one attached hydrogen (secondary N) is 2. The fourth-order valence-electron chi connectivity index (χ4n) is 1.38. The minimum absolute atomic E-state index is 0.216. The highest BCUT2D eigenvalue weighted by Gasteiger charge is 2.37. The van der Waals surface area contributed by atoms with Crippen LogP contribution >= 0.6 is 11.8 Å². The minimum atomic E-state index is -1.73. The van der Waals surface area contributed by atoms with E-state index in [1.54, 1.807) is 18.0 Å². The maximum Gasteiger partial charge on any atom is 0.192 e. The minimum Gasteiger partial charge on any atom is -0.463 e. The van der Waals surface area contributed by atoms with Gasteiger partial charge in [0.1, 0.15) is 0 Å². The Morgan fingerprint density at radius 1 is 1.41 bits per heavy atom. The Labute approximate surface area is 139 Å². The SMILES string of the molecule is C/C=N\NCOC1=C(C)NC=C(CO[Si](C)(C)C(C)(C)C)S1. The van der Waals surface area contributed by atoms with E-state index in [9.17, 15) is 0 Å². The maximum absolute atomic E-state index is 6.25. The van der Waals surface area contributed by atoms with Crippen LogP contribution in [0.2, 0.25) is 18.1 Å². The van der Waals surface area contributed by atoms with Crippen molar-refractivity contribution in [1.29, 1.82) is 0 Å². The van der Waals surface area contributed by atoms with E-state index in [1.165, 1.54) is 0 Å². The zero-order valence-corrected chi connectivity index (χ0v) is 16.6. The Balaban J connectivity index is 2.51. The Morgan fingerprint density at radius 2 is 2.09 bits per heavy atom. The van der Waals surface area contributed by atoms with Gasteiger partial charge in [0.05, 0.1) is 12.3 Å². The van der Waals surface area contributed by atoms with E-state index in [1.807, 2.05) is 20.0 Å². The third-order valence-corrected chi connectivity index (χ3v) is 9.44. The Hall–Kier alpha value is -0.923. The molecule has 0 amide bonds. The highest BCUT2D eigenvalue weighted by atomic mass is 32.2. The monoisotopic (exact) mass is 343 g/mol. The van der Waals surface area contributed by atoms with Crippen molar-refractivity contribution in [2.75, 3.05) is 13.3 Å². The van der Waals surface area contributed by atoms with Gasteiger partial charge in [0.15, 0.2) is 20.1 Å². The smallest absolute Gasteiger partial charge is 0.192 e. The predicted octanol–water partition coefficient (Wildman–Crippen LogP) is 3.94. The van der Waals surface area contributed by atoms with E-state index in [2.05, 4.69) is 49.7 Å². The molecular weight excluding hydrogens is 314 g/mol. The lowest BCUT2D eigenvalue weighted by atomic mass is 10.2. The highest BCUT2D eigenvalue weighted by Crippen LogP contribution is 2.38. The zero-order chi connectivity index (χ0) is 16.8. The van der Waals surface area contributed by atoms with Gasteiger partial charge in [-0.3, -0.25) is 5.43 Å². The second-order valence-corrected chi connectivity index (χ2v) is 12.6. The molecule has 22 heavy (non-hydrogen) atoms. The molecule has 0 saturated heterocycles. The first-order valence-electron chi connectivity index (χ1n) is 7.49. The molecule has 0 radical (unpaired) electrons. The number of hydrogen-bond acceptors (Lipinski definition) is 6. The quantitative estimate of drug-likeness (QED) is 0.241. The highest BCUT2D eigenvalue weighted by molar-refractivity contribution is 8.06. The van der Waals surface area contributed by atoms with Crippen molar-refractivity contribution in [3.63, 3.8) is 0 Å². The maximum atomic E-state index is 6.25. The van der Waals surface area contributed by atoms with Crippen molar-refractivity contribution in [3.05, 3.63) is 21.9 Å². The summed E-state index contributed by atoms with van der Waals surface area (Å²) in [5.74, 6) is 0. The van der Waals surface area contributed by atoms with Gasteiger partial charge in [-0.05, 0) is 32.0 Å². The van der Waals surface area contributed by atoms with Crippen molar-refractivity contribution >= 4 is 26.3 Å². The Bertz CT molecular complexity index is 468. The van der Waals surface area contributed by atoms with E-state index in [-0.39, 0.29) is 5.04 Å². The van der Waals surface area contributed by atoms with Crippen LogP contribution in [0, 0.1) is 0 Å². The van der Waals surface area contributed by atoms with Crippen LogP contribution in [-0.2, 0) is 9.16 Å². The zero-order valence-electron chi connectivity index (χ0n) is 14.7. The van der Waals surface area contributed by atoms with Gasteiger partial charge in [0, 0.05) is 17.3 Å². The fourth-order valence-corrected chi connectivity index (χ4v) is 3.23. The molecule has 0 atom stereocenters. The van der Waals surface area contributed by atoms with Crippen LogP contribution in [-0.4, -0.2) is 27.9 Å². The second kappa shape index (κ2) is 8.08. The van der Waals surface area contributed by atoms with Crippen molar-refractivity contribution in [1.82, 2.24) is 10.7 Å². The summed E-state index contributed by atoms with van der Waals surface area (Å²) in [5.41, 5.74) is 3.83. The third kappa shape index (κ3) is 5.70. The fraction of sp³-hybridized carbons (Fsp3) is 0.667. The Morgan fingerprint density at radius 3 is 2.68 bits per heavy atom. The third-order valence-electron chi connectivity index (χ3n) is 3.85. The number of ether oxygens (including phenoxy) is 1. The molecule has 2 N–H and O–H groups in total. The summed E-state index contributed by atoms with van der Waals surface area (Å²) in [6.45, 7) is 16.1. The van der Waals surface area contributed by atoms with Gasteiger partial charge < -0.3 is 14.5 Å². The van der Waals surface area contributed by atoms with Gasteiger partial charge >= 0.3 is 0 Å². The molecule has 1 heterocycles. The average molecular weight is 344 g/mol. The molecule has 0 aromatic heterocycles. The first-order chi connectivity index (χ1) is 10.2. The largest absolute Gasteiger partial charge is 0.463 e. The van der Waals surface area contributed by atoms with Crippen molar-refractivity contribution in [3.8, 4) is 0 Å². The summed E-state index contributed by atoms with van der Waals surface area (Å²) in [6, 6.07) is 0. The molecule has 1 rings (SSSR count). The van der Waals surface area contributed by atoms with Crippen LogP contribution < -0.4 is 10.7 Å². The molecule has 126 valence electrons. The molecule has 0 unspecified atom stereocenters. The van der Waals surface area contributed by atoms with Gasteiger partial charge in [-0.15, -0.1) is 0 Å². The van der Waals surface area contributed by atoms with E-state index in [4.69, 9.17) is 9.16 Å². The standard InChI is InChI=1S/C15H29N3O2SSi/c1-8-17-18-11-19-14-12(2)16-9-13(21-14)10-20-22(6,7)15(3,4)5/h8-9,16,18H,10-11H2,1-7H3/b17-8-. The lowest BCUT2D eigenvalue weighted by molar-refractivity contribution is 0.210. The van der Waals surface area contributed by atoms with Gasteiger partial charge in [0.25, 0.3) is 0 Å². The molecule has 0 saturated carbocycles. The van der Waals surface area contributed by atoms with Gasteiger partial charge in [-0.25, -0.2) is 0 Å². The summed E-state index contributed by atoms with van der Waals surface area (Å²) in [4.78, 5) is 1.13. The van der Waals surface area contributed by atoms with Crippen molar-refractivity contribution in [2.45, 2.75) is 52.8 Å². The summed E-state index contributed by atoms with van der Waals surface area (Å²) < 4.78 is 11.9. The normalized spacial score (nSPS) is 16.6. The molecule has 0 bridgehead atoms. The molecule has 0 spiro atoms. The summed E-state index contributed by atoms with van der Waals surface area (Å²) in [5, 5.41) is 8.22. The molecule has 1 aliphatic heterocycles. The molecule has 5 nitrogen and oxygen atoms in total. The number of thioether (sulfide) groups is 1. The summed E-state index contributed by atoms with van der Waals surface area (Å²) >= 11 is 1.61. The number of rotatable bonds is 7. The molecule has 1 aliphatic rings. The van der Waals surface area contributed by atoms with Crippen LogP contribution in [0.15, 0.2) is 27.0 Å². The number of hydrogen-bond donors (Lipinski definition) is 2. The van der Waals surface area contributed by atoms with Gasteiger partial charge in [-0.1, -0.05) is 32.5 Å². The van der Waals surface area contributed by atoms with Gasteiger partial charge in [0.2, 0.25) is 0 Å². The first-order valence-corrected chi connectivity index (χ1v) is 11.2. The number of allylic oxidation sites excluding steroid dienone is 1. The first kappa shape index (κ1) is 19.1. The van der Waals surface area contributed by atoms with Crippen LogP contribution in [0.1, 0.15) is 34.6 Å². The molecule has 0 aliphatic carbocycles. The lowest BCUT2D eigenvalue weighted by Crippen LogP contribution is -2.41. The van der Waals surface area contributed by atoms with Crippen LogP contribution in [0.25, 0.3) is 0 Å². The second-order valence-electron chi connectivity index (χ2n) is 6.65. The van der Waals surface area contributed by atoms with Crippen molar-refractivity contribution < 1.29 is 9.16 Å². The Kier molecular flexibility index (Phi) is 7.02. The molecule has 7 heteroatoms. The van der Waals surface area contributed by atoms with Gasteiger partial charge in [-0.2, -0.15) is 5.10 Å². The van der Waals surface area contributed by atoms with E-state index in [0.717, 1.165) is 15.7 Å². The van der Waals surface area contributed by atoms with Crippen LogP contribution in [0.5, 0.6) is 0 Å². The average Bonchev–Trinajstić information content (AvgIpc) is 2.42. The van der Waals surface area contributed by atoms with E-state index >= 15 is 0 Å². The molecular formula is C15H29N3O2SSi. The predicted molar refractivity (Wildman–Crippen MR) is 97.9 cm³/mol. The summed E-state index contributed by atoms with van der Waals surface area (Å²) in [6.07, 6.45) is 3.69. The topological polar surface area (TPSA) is 54.9 Å². The molecule has 0 fully saturated rings. The number of hydrazone groups is 1. The van der Waals surface area contributed by atoms with Crippen LogP contribution in [0.4, 0.5) is 0 Å². The van der Waals surface area contributed by atoms with E-state index in [0.29, 0.717) is 13.3 Å². The van der Waals surface area contributed by atoms with E-state index < -0.39 is 8.32 Å². The number of nitrogens with zero attached hydrogens (tertiary/aromatic N) is 1. The molecule has 0 aromatic rings. The van der Waals surface area contributed by atoms with Crippen molar-refractivity contribution in [2.24, 2.45) is 5.10 Å². The molecule has 0 aromatic carbocycles. The lowest BCUT2D eigenvalue weighted by Gasteiger charge is -2.36. The summed E-state index contributed by atoms with van der Waals surface area (Å²) in [7, 11) is -1.73.